The molecule has 0 spiro atoms. The van der Waals surface area contributed by atoms with Crippen LogP contribution in [0.2, 0.25) is 0 Å². The van der Waals surface area contributed by atoms with Gasteiger partial charge in [-0.2, -0.15) is 0 Å². The first-order valence-electron chi connectivity index (χ1n) is 35.3. The van der Waals surface area contributed by atoms with Gasteiger partial charge in [-0.3, -0.25) is 0 Å². The van der Waals surface area contributed by atoms with E-state index in [4.69, 9.17) is 28.4 Å². The first-order valence-corrected chi connectivity index (χ1v) is 35.3. The molecule has 0 N–H and O–H groups in total. The van der Waals surface area contributed by atoms with Crippen molar-refractivity contribution in [3.8, 4) is 0 Å². The molecule has 20 bridgehead atoms. The van der Waals surface area contributed by atoms with E-state index in [-0.39, 0.29) is 57.9 Å². The molecule has 0 aromatic rings. The van der Waals surface area contributed by atoms with Gasteiger partial charge in [-0.1, -0.05) is 46.7 Å². The van der Waals surface area contributed by atoms with Crippen molar-refractivity contribution in [2.24, 2.45) is 112 Å². The van der Waals surface area contributed by atoms with Crippen LogP contribution in [0.15, 0.2) is 61.8 Å². The number of hydrogen-bond acceptors (Lipinski definition) is 11. The Morgan fingerprint density at radius 2 is 0.644 bits per heavy atom. The molecule has 0 heterocycles. The van der Waals surface area contributed by atoms with E-state index in [0.29, 0.717) is 77.3 Å². The summed E-state index contributed by atoms with van der Waals surface area (Å²) in [5.41, 5.74) is 0.917. The minimum absolute atomic E-state index is 0.115. The van der Waals surface area contributed by atoms with Crippen molar-refractivity contribution in [2.75, 3.05) is 13.2 Å². The molecule has 0 saturated heterocycles. The summed E-state index contributed by atoms with van der Waals surface area (Å²) in [6.07, 6.45) is 38.7. The largest absolute Gasteiger partial charge is 0.460 e. The Kier molecular flexibility index (Phi) is 19.0. The van der Waals surface area contributed by atoms with Gasteiger partial charge in [0.15, 0.2) is 0 Å². The minimum atomic E-state index is -0.311. The highest BCUT2D eigenvalue weighted by Crippen LogP contribution is 2.64. The van der Waals surface area contributed by atoms with Gasteiger partial charge < -0.3 is 28.4 Å². The normalized spacial score (nSPS) is 45.3. The zero-order chi connectivity index (χ0) is 62.0. The average Bonchev–Trinajstić information content (AvgIpc) is 2.34. The minimum Gasteiger partial charge on any atom is -0.460 e. The molecule has 0 radical (unpaired) electrons. The lowest BCUT2D eigenvalue weighted by Crippen LogP contribution is -2.59. The van der Waals surface area contributed by atoms with Crippen molar-refractivity contribution in [1.82, 2.24) is 0 Å². The van der Waals surface area contributed by atoms with E-state index in [2.05, 4.69) is 60.6 Å². The maximum absolute atomic E-state index is 12.0. The molecular weight excluding hydrogens is 1090 g/mol. The van der Waals surface area contributed by atoms with Crippen LogP contribution in [-0.4, -0.2) is 71.1 Å². The molecular formula is C76H112O11. The van der Waals surface area contributed by atoms with Crippen molar-refractivity contribution < 1.29 is 52.4 Å². The van der Waals surface area contributed by atoms with Crippen molar-refractivity contribution in [2.45, 2.75) is 256 Å². The average molecular weight is 1200 g/mol. The Balaban J connectivity index is 0.000000113. The van der Waals surface area contributed by atoms with Crippen LogP contribution >= 0.6 is 0 Å². The Morgan fingerprint density at radius 3 is 0.954 bits per heavy atom. The van der Waals surface area contributed by atoms with Crippen LogP contribution in [-0.2, 0) is 52.4 Å². The molecule has 87 heavy (non-hydrogen) atoms. The third kappa shape index (κ3) is 13.0. The SMILES string of the molecule is C=C(C)C(=O)OC1(C)C2CC3CC(C2)CC1C3.C=C(C)C(=O)OC1(CC)C2CC3CC(C2)CC1C3.C=C(C)C(=O)OCCOC12CC3CC(CC(C3)C1)C2.C=CC(=O)OC1(C)C2CC3CC(C2)CC1C3.C=CC(=O)OC1(CC)C2CC3CC(C2)CC1C3. The fourth-order valence-electron chi connectivity index (χ4n) is 23.9. The van der Waals surface area contributed by atoms with E-state index in [0.717, 1.165) is 77.9 Å². The predicted molar refractivity (Wildman–Crippen MR) is 338 cm³/mol. The highest BCUT2D eigenvalue weighted by Gasteiger charge is 2.62. The van der Waals surface area contributed by atoms with Crippen molar-refractivity contribution in [3.05, 3.63) is 61.8 Å². The Morgan fingerprint density at radius 1 is 0.368 bits per heavy atom. The molecule has 11 nitrogen and oxygen atoms in total. The number of hydrogen-bond donors (Lipinski definition) is 0. The maximum Gasteiger partial charge on any atom is 0.333 e. The van der Waals surface area contributed by atoms with Crippen molar-refractivity contribution in [1.29, 1.82) is 0 Å². The highest BCUT2D eigenvalue weighted by molar-refractivity contribution is 5.88. The second-order valence-corrected chi connectivity index (χ2v) is 32.7. The Labute approximate surface area is 523 Å². The number of carbonyl (C=O) groups excluding carboxylic acids is 5. The van der Waals surface area contributed by atoms with Gasteiger partial charge in [0.05, 0.1) is 12.2 Å². The van der Waals surface area contributed by atoms with Gasteiger partial charge in [0.1, 0.15) is 29.0 Å². The summed E-state index contributed by atoms with van der Waals surface area (Å²) in [6, 6.07) is 0. The van der Waals surface area contributed by atoms with E-state index in [9.17, 15) is 24.0 Å². The molecule has 482 valence electrons. The van der Waals surface area contributed by atoms with Crippen molar-refractivity contribution >= 4 is 29.8 Å². The summed E-state index contributed by atoms with van der Waals surface area (Å²) in [7, 11) is 0. The van der Waals surface area contributed by atoms with Gasteiger partial charge in [-0.15, -0.1) is 0 Å². The van der Waals surface area contributed by atoms with E-state index in [1.165, 1.54) is 179 Å². The van der Waals surface area contributed by atoms with E-state index < -0.39 is 0 Å². The number of esters is 5. The summed E-state index contributed by atoms with van der Waals surface area (Å²) in [5.74, 6) is 13.7. The molecule has 0 amide bonds. The third-order valence-corrected chi connectivity index (χ3v) is 27.0. The zero-order valence-corrected chi connectivity index (χ0v) is 54.9. The lowest BCUT2D eigenvalue weighted by molar-refractivity contribution is -0.207. The van der Waals surface area contributed by atoms with E-state index in [1.54, 1.807) is 20.8 Å². The number of ether oxygens (including phenoxy) is 6. The van der Waals surface area contributed by atoms with Gasteiger partial charge in [-0.25, -0.2) is 24.0 Å². The van der Waals surface area contributed by atoms with Crippen LogP contribution in [0.4, 0.5) is 0 Å². The highest BCUT2D eigenvalue weighted by atomic mass is 16.6. The van der Waals surface area contributed by atoms with Crippen LogP contribution in [0.5, 0.6) is 0 Å². The molecule has 0 aliphatic heterocycles. The van der Waals surface area contributed by atoms with Crippen LogP contribution in [0.1, 0.15) is 228 Å². The molecule has 20 fully saturated rings. The van der Waals surface area contributed by atoms with Gasteiger partial charge in [0, 0.05) is 28.9 Å². The lowest BCUT2D eigenvalue weighted by atomic mass is 9.49. The van der Waals surface area contributed by atoms with Crippen molar-refractivity contribution in [3.63, 3.8) is 0 Å². The molecule has 20 saturated carbocycles. The first-order chi connectivity index (χ1) is 41.4. The molecule has 20 aliphatic carbocycles. The third-order valence-electron chi connectivity index (χ3n) is 27.0. The van der Waals surface area contributed by atoms with Crippen LogP contribution in [0.25, 0.3) is 0 Å². The predicted octanol–water partition coefficient (Wildman–Crippen LogP) is 16.4. The quantitative estimate of drug-likeness (QED) is 0.0670. The van der Waals surface area contributed by atoms with Gasteiger partial charge in [-0.05, 0) is 327 Å². The number of rotatable bonds is 15. The van der Waals surface area contributed by atoms with Gasteiger partial charge in [0.25, 0.3) is 0 Å². The summed E-state index contributed by atoms with van der Waals surface area (Å²) in [5, 5.41) is 0. The Bertz CT molecular complexity index is 2490. The topological polar surface area (TPSA) is 141 Å². The zero-order valence-electron chi connectivity index (χ0n) is 54.9. The second-order valence-electron chi connectivity index (χ2n) is 32.7. The number of carbonyl (C=O) groups is 5. The molecule has 0 atom stereocenters. The Hall–Kier alpha value is -3.99. The maximum atomic E-state index is 12.0. The first kappa shape index (κ1) is 64.5. The van der Waals surface area contributed by atoms with Crippen LogP contribution in [0.3, 0.4) is 0 Å². The molecule has 0 aromatic heterocycles. The monoisotopic (exact) mass is 1200 g/mol. The van der Waals surface area contributed by atoms with E-state index >= 15 is 0 Å². The smallest absolute Gasteiger partial charge is 0.333 e. The summed E-state index contributed by atoms with van der Waals surface area (Å²) >= 11 is 0. The van der Waals surface area contributed by atoms with Crippen LogP contribution in [0, 0.1) is 112 Å². The lowest BCUT2D eigenvalue weighted by Gasteiger charge is -2.60. The van der Waals surface area contributed by atoms with Gasteiger partial charge in [0.2, 0.25) is 0 Å². The summed E-state index contributed by atoms with van der Waals surface area (Å²) in [4.78, 5) is 58.2. The molecule has 20 rings (SSSR count). The molecule has 20 aliphatic rings. The molecule has 0 aromatic carbocycles. The summed E-state index contributed by atoms with van der Waals surface area (Å²) in [6.45, 7) is 32.8. The second kappa shape index (κ2) is 25.6. The fourth-order valence-corrected chi connectivity index (χ4v) is 23.9. The van der Waals surface area contributed by atoms with Gasteiger partial charge >= 0.3 is 29.8 Å². The summed E-state index contributed by atoms with van der Waals surface area (Å²) < 4.78 is 34.7. The molecule has 0 unspecified atom stereocenters. The fraction of sp³-hybridized carbons (Fsp3) is 0.803. The van der Waals surface area contributed by atoms with E-state index in [1.807, 2.05) is 0 Å². The standard InChI is InChI=1S/C16H24O3.C16H24O2.2C15H22O2.C14H20O2/c1-11(2)15(17)18-3-4-19-16-8-12-5-13(9-16)7-14(6-12)10-16;1-4-16(18-15(17)10(2)3)13-6-11-5-12(8-13)9-14(16)7-11;1-9(2)14(16)17-15(3)12-5-10-4-11(7-12)8-13(15)6-10;1-3-14(16)17-15(4-2)12-6-10-5-11(8-12)9-13(15)7-10;1-3-13(15)16-14(2)11-5-9-4-10(7-11)8-12(14)6-9/h12-14H,1,3-10H2,2H3;11-14H,2,4-9H2,1,3H3;10-13H,1,4-8H2,2-3H3;3,10-13H,1,4-9H2,2H3;3,9-12H,1,4-8H2,2H3. The molecule has 11 heteroatoms. The van der Waals surface area contributed by atoms with Crippen LogP contribution < -0.4 is 0 Å².